The summed E-state index contributed by atoms with van der Waals surface area (Å²) in [5.41, 5.74) is 4.90. The summed E-state index contributed by atoms with van der Waals surface area (Å²) in [6.07, 6.45) is 0. The van der Waals surface area contributed by atoms with Crippen molar-refractivity contribution in [3.05, 3.63) is 182 Å². The topological polar surface area (TPSA) is 43.6 Å². The molecule has 0 N–H and O–H groups in total. The van der Waals surface area contributed by atoms with Crippen molar-refractivity contribution in [1.82, 2.24) is 19.5 Å². The van der Waals surface area contributed by atoms with Crippen molar-refractivity contribution >= 4 is 84.8 Å². The standard InChI is InChI=1S/C51H30N4S2/c1-2-15-31(16-3-1)49-52-50(54-51(53-49)41-26-14-23-38-35-20-7-11-30-45(35)57-48(38)41)40-25-12-21-36(39-24-13-22-37-34-19-6-10-29-44(34)56-47(37)39)46(40)55-42-27-8-4-17-32(42)33-18-5-9-28-43(33)55/h1-30H/i4D,5D,17D,18D,27D,28D. The minimum Gasteiger partial charge on any atom is -0.308 e. The summed E-state index contributed by atoms with van der Waals surface area (Å²) < 4.78 is 60.9. The molecule has 4 aromatic heterocycles. The van der Waals surface area contributed by atoms with Gasteiger partial charge in [0.15, 0.2) is 17.5 Å². The summed E-state index contributed by atoms with van der Waals surface area (Å²) in [5, 5.41) is 4.82. The summed E-state index contributed by atoms with van der Waals surface area (Å²) in [5.74, 6) is 1.28. The van der Waals surface area contributed by atoms with Crippen LogP contribution < -0.4 is 0 Å². The third kappa shape index (κ3) is 5.01. The number of nitrogens with zero attached hydrogens (tertiary/aromatic N) is 4. The molecule has 57 heavy (non-hydrogen) atoms. The molecule has 0 amide bonds. The van der Waals surface area contributed by atoms with Gasteiger partial charge in [-0.2, -0.15) is 0 Å². The molecule has 0 saturated carbocycles. The van der Waals surface area contributed by atoms with Crippen LogP contribution in [0.15, 0.2) is 182 Å². The molecule has 0 radical (unpaired) electrons. The molecule has 0 saturated heterocycles. The Labute approximate surface area is 344 Å². The van der Waals surface area contributed by atoms with Gasteiger partial charge in [-0.25, -0.2) is 15.0 Å². The molecule has 0 aliphatic rings. The second-order valence-electron chi connectivity index (χ2n) is 13.8. The number of hydrogen-bond acceptors (Lipinski definition) is 5. The Morgan fingerprint density at radius 1 is 0.386 bits per heavy atom. The lowest BCUT2D eigenvalue weighted by Crippen LogP contribution is -2.05. The smallest absolute Gasteiger partial charge is 0.166 e. The van der Waals surface area contributed by atoms with E-state index >= 15 is 0 Å². The van der Waals surface area contributed by atoms with E-state index in [4.69, 9.17) is 17.7 Å². The zero-order valence-corrected chi connectivity index (χ0v) is 31.6. The van der Waals surface area contributed by atoms with E-state index in [1.54, 1.807) is 27.2 Å². The predicted molar refractivity (Wildman–Crippen MR) is 242 cm³/mol. The first-order valence-corrected chi connectivity index (χ1v) is 20.2. The largest absolute Gasteiger partial charge is 0.308 e. The first-order valence-electron chi connectivity index (χ1n) is 21.5. The van der Waals surface area contributed by atoms with Crippen LogP contribution in [0, 0.1) is 0 Å². The molecular formula is C51H30N4S2. The normalized spacial score (nSPS) is 13.3. The first kappa shape index (κ1) is 26.8. The van der Waals surface area contributed by atoms with E-state index in [1.165, 1.54) is 12.1 Å². The second kappa shape index (κ2) is 12.8. The summed E-state index contributed by atoms with van der Waals surface area (Å²) in [6.45, 7) is 0. The van der Waals surface area contributed by atoms with Crippen molar-refractivity contribution in [1.29, 1.82) is 0 Å². The minimum absolute atomic E-state index is 0.0499. The van der Waals surface area contributed by atoms with E-state index < -0.39 is 0 Å². The van der Waals surface area contributed by atoms with Gasteiger partial charge in [-0.15, -0.1) is 22.7 Å². The van der Waals surface area contributed by atoms with Crippen molar-refractivity contribution in [2.75, 3.05) is 0 Å². The molecule has 0 fully saturated rings. The lowest BCUT2D eigenvalue weighted by Gasteiger charge is -2.19. The van der Waals surface area contributed by atoms with Crippen LogP contribution in [0.3, 0.4) is 0 Å². The zero-order valence-electron chi connectivity index (χ0n) is 36.0. The van der Waals surface area contributed by atoms with Crippen molar-refractivity contribution in [3.8, 4) is 51.0 Å². The molecule has 12 rings (SSSR count). The van der Waals surface area contributed by atoms with Gasteiger partial charge in [0.05, 0.1) is 24.9 Å². The highest BCUT2D eigenvalue weighted by molar-refractivity contribution is 7.26. The van der Waals surface area contributed by atoms with Crippen molar-refractivity contribution in [2.24, 2.45) is 0 Å². The van der Waals surface area contributed by atoms with Crippen LogP contribution in [0.25, 0.3) is 113 Å². The Morgan fingerprint density at radius 3 is 1.54 bits per heavy atom. The van der Waals surface area contributed by atoms with Crippen LogP contribution in [-0.2, 0) is 0 Å². The number of rotatable bonds is 5. The highest BCUT2D eigenvalue weighted by Crippen LogP contribution is 2.46. The zero-order chi connectivity index (χ0) is 42.7. The number of aromatic nitrogens is 4. The van der Waals surface area contributed by atoms with E-state index in [2.05, 4.69) is 42.5 Å². The average Bonchev–Trinajstić information content (AvgIpc) is 4.01. The number of para-hydroxylation sites is 3. The van der Waals surface area contributed by atoms with Crippen LogP contribution in [0.4, 0.5) is 0 Å². The van der Waals surface area contributed by atoms with Gasteiger partial charge in [-0.1, -0.05) is 145 Å². The van der Waals surface area contributed by atoms with Gasteiger partial charge in [0.1, 0.15) is 0 Å². The number of hydrogen-bond donors (Lipinski definition) is 0. The first-order chi connectivity index (χ1) is 30.7. The Morgan fingerprint density at radius 2 is 0.877 bits per heavy atom. The molecule has 0 atom stereocenters. The van der Waals surface area contributed by atoms with Gasteiger partial charge >= 0.3 is 0 Å². The maximum Gasteiger partial charge on any atom is 0.166 e. The van der Waals surface area contributed by atoms with Gasteiger partial charge in [-0.3, -0.25) is 0 Å². The maximum atomic E-state index is 9.46. The van der Waals surface area contributed by atoms with E-state index in [0.717, 1.165) is 62.6 Å². The monoisotopic (exact) mass is 768 g/mol. The summed E-state index contributed by atoms with van der Waals surface area (Å²) in [7, 11) is 0. The molecule has 6 heteroatoms. The number of fused-ring (bicyclic) bond motifs is 9. The molecule has 4 nitrogen and oxygen atoms in total. The van der Waals surface area contributed by atoms with Gasteiger partial charge in [0.25, 0.3) is 0 Å². The fourth-order valence-electron chi connectivity index (χ4n) is 8.14. The van der Waals surface area contributed by atoms with Gasteiger partial charge in [-0.05, 0) is 36.4 Å². The van der Waals surface area contributed by atoms with E-state index in [-0.39, 0.29) is 58.1 Å². The Bertz CT molecular complexity index is 3820. The van der Waals surface area contributed by atoms with Gasteiger partial charge < -0.3 is 4.57 Å². The van der Waals surface area contributed by atoms with E-state index in [9.17, 15) is 5.48 Å². The van der Waals surface area contributed by atoms with Crippen LogP contribution >= 0.6 is 22.7 Å². The Kier molecular flexibility index (Phi) is 6.00. The summed E-state index contributed by atoms with van der Waals surface area (Å²) in [6, 6.07) is 46.6. The lowest BCUT2D eigenvalue weighted by molar-refractivity contribution is 1.07. The molecule has 8 aromatic carbocycles. The van der Waals surface area contributed by atoms with Crippen molar-refractivity contribution < 1.29 is 8.22 Å². The second-order valence-corrected chi connectivity index (χ2v) is 15.9. The molecule has 0 aliphatic carbocycles. The summed E-state index contributed by atoms with van der Waals surface area (Å²) >= 11 is 3.37. The average molecular weight is 769 g/mol. The fourth-order valence-corrected chi connectivity index (χ4v) is 10.6. The third-order valence-corrected chi connectivity index (χ3v) is 13.1. The highest BCUT2D eigenvalue weighted by Gasteiger charge is 2.24. The molecule has 266 valence electrons. The minimum atomic E-state index is -0.181. The van der Waals surface area contributed by atoms with Gasteiger partial charge in [0, 0.05) is 78.9 Å². The molecule has 0 bridgehead atoms. The predicted octanol–water partition coefficient (Wildman–Crippen LogP) is 14.4. The molecule has 0 unspecified atom stereocenters. The Hall–Kier alpha value is -6.99. The van der Waals surface area contributed by atoms with Crippen molar-refractivity contribution in [2.45, 2.75) is 0 Å². The number of thiophene rings is 2. The molecule has 0 spiro atoms. The lowest BCUT2D eigenvalue weighted by atomic mass is 9.97. The maximum absolute atomic E-state index is 9.46. The van der Waals surface area contributed by atoms with E-state index in [0.29, 0.717) is 28.7 Å². The fraction of sp³-hybridized carbons (Fsp3) is 0. The van der Waals surface area contributed by atoms with Crippen LogP contribution in [0.5, 0.6) is 0 Å². The Balaban J connectivity index is 1.26. The van der Waals surface area contributed by atoms with E-state index in [1.807, 2.05) is 91.0 Å². The van der Waals surface area contributed by atoms with Gasteiger partial charge in [0.2, 0.25) is 0 Å². The van der Waals surface area contributed by atoms with Crippen LogP contribution in [0.2, 0.25) is 0 Å². The highest BCUT2D eigenvalue weighted by atomic mass is 32.1. The molecule has 4 heterocycles. The molecule has 12 aromatic rings. The molecule has 0 aliphatic heterocycles. The third-order valence-electron chi connectivity index (χ3n) is 10.6. The summed E-state index contributed by atoms with van der Waals surface area (Å²) in [4.78, 5) is 15.7. The number of benzene rings is 8. The van der Waals surface area contributed by atoms with Crippen LogP contribution in [-0.4, -0.2) is 19.5 Å². The molecular weight excluding hydrogens is 733 g/mol. The quantitative estimate of drug-likeness (QED) is 0.175. The SMILES string of the molecule is [2H]c1cc([2H])c2c(c1[2H])c1c([2H])c([2H])cc([2H])c1n2-c1c(-c2nc(-c3ccccc3)nc(-c3cccc4c3sc3ccccc34)n2)cccc1-c1cccc2c1sc1ccccc12. The van der Waals surface area contributed by atoms with Crippen molar-refractivity contribution in [3.63, 3.8) is 0 Å². The van der Waals surface area contributed by atoms with Crippen LogP contribution in [0.1, 0.15) is 8.22 Å².